The van der Waals surface area contributed by atoms with Crippen LogP contribution in [0.5, 0.6) is 0 Å². The van der Waals surface area contributed by atoms with E-state index in [-0.39, 0.29) is 11.7 Å². The van der Waals surface area contributed by atoms with Gasteiger partial charge in [0.2, 0.25) is 0 Å². The molecule has 4 nitrogen and oxygen atoms in total. The highest BCUT2D eigenvalue weighted by Gasteiger charge is 2.12. The van der Waals surface area contributed by atoms with Crippen molar-refractivity contribution in [3.05, 3.63) is 29.6 Å². The summed E-state index contributed by atoms with van der Waals surface area (Å²) < 4.78 is 14.0. The Bertz CT molecular complexity index is 415. The Kier molecular flexibility index (Phi) is 5.42. The first-order valence-corrected chi connectivity index (χ1v) is 6.16. The first kappa shape index (κ1) is 14.3. The summed E-state index contributed by atoms with van der Waals surface area (Å²) in [5.74, 6) is -0.431. The predicted molar refractivity (Wildman–Crippen MR) is 71.7 cm³/mol. The Hall–Kier alpha value is -1.78. The van der Waals surface area contributed by atoms with Crippen LogP contribution in [0.4, 0.5) is 10.1 Å². The van der Waals surface area contributed by atoms with E-state index in [1.165, 1.54) is 6.07 Å². The molecule has 0 saturated heterocycles. The second kappa shape index (κ2) is 6.83. The average molecular weight is 253 g/mol. The molecular formula is C13H20FN3O. The zero-order valence-electron chi connectivity index (χ0n) is 10.9. The van der Waals surface area contributed by atoms with E-state index in [1.54, 1.807) is 12.1 Å². The van der Waals surface area contributed by atoms with Gasteiger partial charge in [-0.05, 0) is 31.0 Å². The predicted octanol–water partition coefficient (Wildman–Crippen LogP) is 2.55. The molecule has 18 heavy (non-hydrogen) atoms. The Labute approximate surface area is 107 Å². The second-order valence-electron chi connectivity index (χ2n) is 4.14. The summed E-state index contributed by atoms with van der Waals surface area (Å²) in [6.07, 6.45) is 1.92. The highest BCUT2D eigenvalue weighted by Crippen LogP contribution is 2.21. The van der Waals surface area contributed by atoms with Gasteiger partial charge in [0.25, 0.3) is 0 Å². The molecule has 0 amide bonds. The molecule has 0 heterocycles. The summed E-state index contributed by atoms with van der Waals surface area (Å²) in [6, 6.07) is 4.63. The maximum Gasteiger partial charge on any atom is 0.170 e. The van der Waals surface area contributed by atoms with E-state index in [1.807, 2.05) is 4.90 Å². The van der Waals surface area contributed by atoms with Gasteiger partial charge in [-0.25, -0.2) is 4.39 Å². The molecule has 0 aliphatic heterocycles. The number of nitrogens with zero attached hydrogens (tertiary/aromatic N) is 2. The van der Waals surface area contributed by atoms with Gasteiger partial charge < -0.3 is 15.8 Å². The summed E-state index contributed by atoms with van der Waals surface area (Å²) in [4.78, 5) is 2.01. The monoisotopic (exact) mass is 253 g/mol. The minimum absolute atomic E-state index is 0.0852. The number of oxime groups is 1. The second-order valence-corrected chi connectivity index (χ2v) is 4.14. The van der Waals surface area contributed by atoms with E-state index in [9.17, 15) is 4.39 Å². The maximum absolute atomic E-state index is 14.0. The Morgan fingerprint density at radius 3 is 2.39 bits per heavy atom. The number of nitrogens with two attached hydrogens (primary N) is 1. The normalized spacial score (nSPS) is 11.6. The molecule has 0 saturated carbocycles. The third-order valence-corrected chi connectivity index (χ3v) is 2.68. The van der Waals surface area contributed by atoms with Gasteiger partial charge in [-0.3, -0.25) is 0 Å². The van der Waals surface area contributed by atoms with Crippen LogP contribution >= 0.6 is 0 Å². The van der Waals surface area contributed by atoms with Crippen molar-refractivity contribution in [3.63, 3.8) is 0 Å². The molecule has 0 aromatic heterocycles. The smallest absolute Gasteiger partial charge is 0.170 e. The van der Waals surface area contributed by atoms with E-state index in [0.29, 0.717) is 11.3 Å². The SMILES string of the molecule is CCCN(CCC)c1ccc(/C(N)=N/O)cc1F. The number of halogens is 1. The van der Waals surface area contributed by atoms with E-state index >= 15 is 0 Å². The molecule has 1 aromatic carbocycles. The van der Waals surface area contributed by atoms with Gasteiger partial charge in [-0.15, -0.1) is 0 Å². The molecule has 0 atom stereocenters. The van der Waals surface area contributed by atoms with E-state index in [2.05, 4.69) is 19.0 Å². The van der Waals surface area contributed by atoms with Crippen LogP contribution in [0.2, 0.25) is 0 Å². The molecule has 0 aliphatic rings. The van der Waals surface area contributed by atoms with Crippen LogP contribution in [0.3, 0.4) is 0 Å². The van der Waals surface area contributed by atoms with Gasteiger partial charge in [0, 0.05) is 18.7 Å². The van der Waals surface area contributed by atoms with Crippen molar-refractivity contribution < 1.29 is 9.60 Å². The minimum Gasteiger partial charge on any atom is -0.409 e. The van der Waals surface area contributed by atoms with Gasteiger partial charge in [-0.2, -0.15) is 0 Å². The third kappa shape index (κ3) is 3.35. The fourth-order valence-electron chi connectivity index (χ4n) is 1.87. The van der Waals surface area contributed by atoms with Gasteiger partial charge in [0.15, 0.2) is 5.84 Å². The molecule has 3 N–H and O–H groups in total. The molecule has 0 radical (unpaired) electrons. The third-order valence-electron chi connectivity index (χ3n) is 2.68. The molecule has 5 heteroatoms. The summed E-state index contributed by atoms with van der Waals surface area (Å²) in [7, 11) is 0. The molecule has 0 spiro atoms. The van der Waals surface area contributed by atoms with Crippen molar-refractivity contribution in [1.82, 2.24) is 0 Å². The van der Waals surface area contributed by atoms with Crippen molar-refractivity contribution in [2.75, 3.05) is 18.0 Å². The lowest BCUT2D eigenvalue weighted by atomic mass is 10.1. The lowest BCUT2D eigenvalue weighted by Crippen LogP contribution is -2.26. The van der Waals surface area contributed by atoms with Gasteiger partial charge >= 0.3 is 0 Å². The maximum atomic E-state index is 14.0. The topological polar surface area (TPSA) is 61.8 Å². The van der Waals surface area contributed by atoms with Crippen LogP contribution < -0.4 is 10.6 Å². The van der Waals surface area contributed by atoms with Gasteiger partial charge in [0.1, 0.15) is 5.82 Å². The van der Waals surface area contributed by atoms with E-state index in [4.69, 9.17) is 10.9 Å². The first-order valence-electron chi connectivity index (χ1n) is 6.16. The molecule has 0 fully saturated rings. The van der Waals surface area contributed by atoms with Crippen LogP contribution in [0.1, 0.15) is 32.3 Å². The molecule has 0 bridgehead atoms. The first-order chi connectivity index (χ1) is 8.63. The molecule has 0 unspecified atom stereocenters. The van der Waals surface area contributed by atoms with E-state index < -0.39 is 0 Å². The van der Waals surface area contributed by atoms with Crippen LogP contribution in [-0.2, 0) is 0 Å². The minimum atomic E-state index is -0.346. The van der Waals surface area contributed by atoms with Crippen LogP contribution in [0.15, 0.2) is 23.4 Å². The van der Waals surface area contributed by atoms with Gasteiger partial charge in [-0.1, -0.05) is 19.0 Å². The van der Waals surface area contributed by atoms with Gasteiger partial charge in [0.05, 0.1) is 5.69 Å². The molecule has 1 aromatic rings. The number of rotatable bonds is 6. The largest absolute Gasteiger partial charge is 0.409 e. The van der Waals surface area contributed by atoms with Crippen molar-refractivity contribution in [3.8, 4) is 0 Å². The fourth-order valence-corrected chi connectivity index (χ4v) is 1.87. The molecule has 100 valence electrons. The standard InChI is InChI=1S/C13H20FN3O/c1-3-7-17(8-4-2)12-6-5-10(9-11(12)14)13(15)16-18/h5-6,9,18H,3-4,7-8H2,1-2H3,(H2,15,16). The highest BCUT2D eigenvalue weighted by atomic mass is 19.1. The zero-order chi connectivity index (χ0) is 13.5. The fraction of sp³-hybridized carbons (Fsp3) is 0.462. The lowest BCUT2D eigenvalue weighted by Gasteiger charge is -2.24. The summed E-state index contributed by atoms with van der Waals surface area (Å²) in [6.45, 7) is 5.75. The quantitative estimate of drug-likeness (QED) is 0.354. The van der Waals surface area contributed by atoms with Crippen molar-refractivity contribution >= 4 is 11.5 Å². The Morgan fingerprint density at radius 2 is 1.94 bits per heavy atom. The lowest BCUT2D eigenvalue weighted by molar-refractivity contribution is 0.318. The average Bonchev–Trinajstić information content (AvgIpc) is 2.37. The molecule has 1 rings (SSSR count). The van der Waals surface area contributed by atoms with Crippen molar-refractivity contribution in [1.29, 1.82) is 0 Å². The van der Waals surface area contributed by atoms with Crippen molar-refractivity contribution in [2.24, 2.45) is 10.9 Å². The number of hydrogen-bond acceptors (Lipinski definition) is 3. The Morgan fingerprint density at radius 1 is 1.33 bits per heavy atom. The number of hydrogen-bond donors (Lipinski definition) is 2. The highest BCUT2D eigenvalue weighted by molar-refractivity contribution is 5.97. The van der Waals surface area contributed by atoms with Crippen LogP contribution in [-0.4, -0.2) is 24.1 Å². The number of anilines is 1. The van der Waals surface area contributed by atoms with Crippen LogP contribution in [0.25, 0.3) is 0 Å². The molecular weight excluding hydrogens is 233 g/mol. The molecule has 0 aliphatic carbocycles. The van der Waals surface area contributed by atoms with Crippen molar-refractivity contribution in [2.45, 2.75) is 26.7 Å². The van der Waals surface area contributed by atoms with Crippen LogP contribution in [0, 0.1) is 5.82 Å². The number of benzene rings is 1. The number of amidine groups is 1. The Balaban J connectivity index is 3.02. The zero-order valence-corrected chi connectivity index (χ0v) is 10.9. The summed E-state index contributed by atoms with van der Waals surface area (Å²) in [5.41, 5.74) is 6.37. The summed E-state index contributed by atoms with van der Waals surface area (Å²) in [5, 5.41) is 11.4. The summed E-state index contributed by atoms with van der Waals surface area (Å²) >= 11 is 0. The van der Waals surface area contributed by atoms with E-state index in [0.717, 1.165) is 25.9 Å².